The van der Waals surface area contributed by atoms with Gasteiger partial charge in [-0.15, -0.1) is 0 Å². The number of aryl methyl sites for hydroxylation is 1. The first-order valence-electron chi connectivity index (χ1n) is 10.0. The molecule has 0 spiro atoms. The Balaban J connectivity index is 1.67. The maximum Gasteiger partial charge on any atom is 0.222 e. The number of amides is 1. The summed E-state index contributed by atoms with van der Waals surface area (Å²) in [6.07, 6.45) is 3.53. The number of pyridine rings is 2. The van der Waals surface area contributed by atoms with E-state index in [4.69, 9.17) is 0 Å². The Bertz CT molecular complexity index is 1080. The number of carbonyl (C=O) groups is 2. The topological polar surface area (TPSA) is 63.2 Å². The van der Waals surface area contributed by atoms with Gasteiger partial charge in [0.15, 0.2) is 5.78 Å². The predicted molar refractivity (Wildman–Crippen MR) is 113 cm³/mol. The number of ketones is 1. The number of Topliss-reactive ketones (excluding diaryl/α,β-unsaturated/α-hetero) is 1. The fourth-order valence-electron chi connectivity index (χ4n) is 3.22. The SMILES string of the molecule is CCC(=O)N(C)Cc1ccc(-c2ccc(C(=O)CCc3cccnc3F)nc2)c(F)c1. The summed E-state index contributed by atoms with van der Waals surface area (Å²) in [6, 6.07) is 11.2. The minimum atomic E-state index is -0.581. The minimum absolute atomic E-state index is 0.0137. The number of carbonyl (C=O) groups excluding carboxylic acids is 2. The van der Waals surface area contributed by atoms with Gasteiger partial charge in [-0.3, -0.25) is 14.6 Å². The normalized spacial score (nSPS) is 10.7. The largest absolute Gasteiger partial charge is 0.341 e. The van der Waals surface area contributed by atoms with Gasteiger partial charge in [0.05, 0.1) is 0 Å². The molecule has 1 aromatic carbocycles. The van der Waals surface area contributed by atoms with E-state index in [1.54, 1.807) is 49.2 Å². The molecule has 0 saturated heterocycles. The molecule has 7 heteroatoms. The second-order valence-corrected chi connectivity index (χ2v) is 7.23. The fraction of sp³-hybridized carbons (Fsp3) is 0.250. The highest BCUT2D eigenvalue weighted by Crippen LogP contribution is 2.24. The smallest absolute Gasteiger partial charge is 0.222 e. The first-order chi connectivity index (χ1) is 14.9. The van der Waals surface area contributed by atoms with Crippen LogP contribution in [-0.2, 0) is 17.8 Å². The lowest BCUT2D eigenvalue weighted by Crippen LogP contribution is -2.25. The average Bonchev–Trinajstić information content (AvgIpc) is 2.78. The lowest BCUT2D eigenvalue weighted by Gasteiger charge is -2.16. The van der Waals surface area contributed by atoms with Crippen molar-refractivity contribution in [3.05, 3.63) is 83.4 Å². The van der Waals surface area contributed by atoms with Crippen LogP contribution in [-0.4, -0.2) is 33.6 Å². The van der Waals surface area contributed by atoms with E-state index >= 15 is 0 Å². The highest BCUT2D eigenvalue weighted by molar-refractivity contribution is 5.94. The van der Waals surface area contributed by atoms with Gasteiger partial charge < -0.3 is 4.90 Å². The summed E-state index contributed by atoms with van der Waals surface area (Å²) in [7, 11) is 1.68. The molecule has 0 N–H and O–H groups in total. The molecule has 0 atom stereocenters. The molecule has 2 aromatic heterocycles. The lowest BCUT2D eigenvalue weighted by molar-refractivity contribution is -0.130. The standard InChI is InChI=1S/C24H23F2N3O2/c1-3-23(31)29(2)15-16-6-9-19(20(25)13-16)18-7-10-21(28-14-18)22(30)11-8-17-5-4-12-27-24(17)26/h4-7,9-10,12-14H,3,8,11,15H2,1-2H3. The number of halogens is 2. The molecule has 3 rings (SSSR count). The zero-order chi connectivity index (χ0) is 22.4. The third kappa shape index (κ3) is 5.57. The van der Waals surface area contributed by atoms with E-state index in [1.165, 1.54) is 24.5 Å². The Kier molecular flexibility index (Phi) is 7.18. The Morgan fingerprint density at radius 3 is 2.52 bits per heavy atom. The molecule has 3 aromatic rings. The molecule has 0 aliphatic heterocycles. The molecule has 5 nitrogen and oxygen atoms in total. The molecule has 1 amide bonds. The summed E-state index contributed by atoms with van der Waals surface area (Å²) in [5.41, 5.74) is 2.20. The number of hydrogen-bond acceptors (Lipinski definition) is 4. The second kappa shape index (κ2) is 10.0. The third-order valence-corrected chi connectivity index (χ3v) is 5.00. The van der Waals surface area contributed by atoms with Crippen molar-refractivity contribution in [1.29, 1.82) is 0 Å². The summed E-state index contributed by atoms with van der Waals surface area (Å²) in [4.78, 5) is 33.3. The molecular formula is C24H23F2N3O2. The van der Waals surface area contributed by atoms with Crippen LogP contribution in [0.5, 0.6) is 0 Å². The quantitative estimate of drug-likeness (QED) is 0.392. The maximum absolute atomic E-state index is 14.6. The van der Waals surface area contributed by atoms with Crippen LogP contribution in [0.15, 0.2) is 54.9 Å². The lowest BCUT2D eigenvalue weighted by atomic mass is 10.0. The molecule has 0 bridgehead atoms. The molecule has 0 aliphatic carbocycles. The van der Waals surface area contributed by atoms with Gasteiger partial charge in [-0.1, -0.05) is 31.2 Å². The molecular weight excluding hydrogens is 400 g/mol. The summed E-state index contributed by atoms with van der Waals surface area (Å²) in [6.45, 7) is 2.11. The molecule has 0 fully saturated rings. The van der Waals surface area contributed by atoms with Gasteiger partial charge in [-0.05, 0) is 30.2 Å². The molecule has 2 heterocycles. The zero-order valence-electron chi connectivity index (χ0n) is 17.4. The van der Waals surface area contributed by atoms with Crippen LogP contribution < -0.4 is 0 Å². The van der Waals surface area contributed by atoms with Crippen molar-refractivity contribution in [3.8, 4) is 11.1 Å². The van der Waals surface area contributed by atoms with Crippen molar-refractivity contribution in [2.45, 2.75) is 32.7 Å². The van der Waals surface area contributed by atoms with Crippen molar-refractivity contribution >= 4 is 11.7 Å². The van der Waals surface area contributed by atoms with Crippen LogP contribution in [0.2, 0.25) is 0 Å². The summed E-state index contributed by atoms with van der Waals surface area (Å²) in [5.74, 6) is -1.25. The minimum Gasteiger partial charge on any atom is -0.341 e. The van der Waals surface area contributed by atoms with Crippen LogP contribution in [0.25, 0.3) is 11.1 Å². The summed E-state index contributed by atoms with van der Waals surface area (Å²) < 4.78 is 28.2. The monoisotopic (exact) mass is 423 g/mol. The number of nitrogens with zero attached hydrogens (tertiary/aromatic N) is 3. The molecule has 0 aliphatic rings. The van der Waals surface area contributed by atoms with Gasteiger partial charge in [-0.2, -0.15) is 4.39 Å². The molecule has 0 radical (unpaired) electrons. The van der Waals surface area contributed by atoms with Gasteiger partial charge in [0.1, 0.15) is 11.5 Å². The highest BCUT2D eigenvalue weighted by atomic mass is 19.1. The highest BCUT2D eigenvalue weighted by Gasteiger charge is 2.13. The number of rotatable bonds is 8. The van der Waals surface area contributed by atoms with E-state index in [-0.39, 0.29) is 30.2 Å². The van der Waals surface area contributed by atoms with E-state index < -0.39 is 11.8 Å². The number of benzene rings is 1. The molecule has 160 valence electrons. The second-order valence-electron chi connectivity index (χ2n) is 7.23. The van der Waals surface area contributed by atoms with Gasteiger partial charge >= 0.3 is 0 Å². The van der Waals surface area contributed by atoms with Crippen molar-refractivity contribution in [1.82, 2.24) is 14.9 Å². The van der Waals surface area contributed by atoms with E-state index in [9.17, 15) is 18.4 Å². The molecule has 0 saturated carbocycles. The van der Waals surface area contributed by atoms with Crippen molar-refractivity contribution in [2.24, 2.45) is 0 Å². The zero-order valence-corrected chi connectivity index (χ0v) is 17.4. The van der Waals surface area contributed by atoms with Gasteiger partial charge in [0.2, 0.25) is 11.9 Å². The predicted octanol–water partition coefficient (Wildman–Crippen LogP) is 4.61. The van der Waals surface area contributed by atoms with Crippen molar-refractivity contribution < 1.29 is 18.4 Å². The first kappa shape index (κ1) is 22.2. The molecule has 31 heavy (non-hydrogen) atoms. The van der Waals surface area contributed by atoms with Crippen LogP contribution >= 0.6 is 0 Å². The van der Waals surface area contributed by atoms with Crippen LogP contribution in [0.1, 0.15) is 41.4 Å². The molecule has 0 unspecified atom stereocenters. The van der Waals surface area contributed by atoms with Gasteiger partial charge in [0, 0.05) is 55.5 Å². The number of hydrogen-bond donors (Lipinski definition) is 0. The van der Waals surface area contributed by atoms with Crippen LogP contribution in [0, 0.1) is 11.8 Å². The summed E-state index contributed by atoms with van der Waals surface area (Å²) >= 11 is 0. The Morgan fingerprint density at radius 1 is 1.06 bits per heavy atom. The average molecular weight is 423 g/mol. The van der Waals surface area contributed by atoms with E-state index in [0.29, 0.717) is 35.2 Å². The van der Waals surface area contributed by atoms with Crippen LogP contribution in [0.3, 0.4) is 0 Å². The van der Waals surface area contributed by atoms with E-state index in [2.05, 4.69) is 9.97 Å². The first-order valence-corrected chi connectivity index (χ1v) is 10.0. The number of aromatic nitrogens is 2. The van der Waals surface area contributed by atoms with Crippen LogP contribution in [0.4, 0.5) is 8.78 Å². The van der Waals surface area contributed by atoms with E-state index in [0.717, 1.165) is 0 Å². The maximum atomic E-state index is 14.6. The van der Waals surface area contributed by atoms with Crippen molar-refractivity contribution in [3.63, 3.8) is 0 Å². The van der Waals surface area contributed by atoms with Gasteiger partial charge in [-0.25, -0.2) is 9.37 Å². The van der Waals surface area contributed by atoms with Crippen molar-refractivity contribution in [2.75, 3.05) is 7.05 Å². The van der Waals surface area contributed by atoms with E-state index in [1.807, 2.05) is 0 Å². The summed E-state index contributed by atoms with van der Waals surface area (Å²) in [5, 5.41) is 0. The Hall–Kier alpha value is -3.48. The Labute approximate surface area is 179 Å². The fourth-order valence-corrected chi connectivity index (χ4v) is 3.22. The van der Waals surface area contributed by atoms with Gasteiger partial charge in [0.25, 0.3) is 0 Å². The third-order valence-electron chi connectivity index (χ3n) is 5.00. The Morgan fingerprint density at radius 2 is 1.87 bits per heavy atom.